The van der Waals surface area contributed by atoms with E-state index in [1.54, 1.807) is 0 Å². The van der Waals surface area contributed by atoms with Crippen molar-refractivity contribution < 1.29 is 19.5 Å². The summed E-state index contributed by atoms with van der Waals surface area (Å²) in [5, 5.41) is 5.24. The van der Waals surface area contributed by atoms with E-state index >= 15 is 0 Å². The summed E-state index contributed by atoms with van der Waals surface area (Å²) in [4.78, 5) is 0. The summed E-state index contributed by atoms with van der Waals surface area (Å²) in [6, 6.07) is 33.4. The van der Waals surface area contributed by atoms with E-state index in [9.17, 15) is 0 Å². The Morgan fingerprint density at radius 2 is 0.556 bits per heavy atom. The summed E-state index contributed by atoms with van der Waals surface area (Å²) < 4.78 is 0. The molecule has 4 rings (SSSR count). The molecule has 0 saturated heterocycles. The van der Waals surface area contributed by atoms with Crippen LogP contribution in [0, 0.1) is 7.43 Å². The van der Waals surface area contributed by atoms with Crippen LogP contribution in [0.4, 0.5) is 0 Å². The van der Waals surface area contributed by atoms with Gasteiger partial charge in [0.15, 0.2) is 0 Å². The molecule has 0 nitrogen and oxygen atoms in total. The van der Waals surface area contributed by atoms with Crippen molar-refractivity contribution in [1.82, 2.24) is 0 Å². The number of rotatable bonds is 0. The first-order valence-electron chi connectivity index (χ1n) is 9.22. The SMILES string of the molecule is CC.CCC.[CH3-].[Zn].c1ccc2ccccc2c1.c1ccc2ccccc2c1. The van der Waals surface area contributed by atoms with E-state index in [1.165, 1.54) is 28.0 Å². The fourth-order valence-corrected chi connectivity index (χ4v) is 2.27. The van der Waals surface area contributed by atoms with Gasteiger partial charge in [-0.05, 0) is 21.5 Å². The van der Waals surface area contributed by atoms with Crippen LogP contribution in [0.25, 0.3) is 21.5 Å². The van der Waals surface area contributed by atoms with Crippen LogP contribution >= 0.6 is 0 Å². The van der Waals surface area contributed by atoms with Crippen molar-refractivity contribution in [3.63, 3.8) is 0 Å². The molecule has 0 aliphatic heterocycles. The molecule has 140 valence electrons. The minimum atomic E-state index is 0. The maximum absolute atomic E-state index is 2.12. The predicted molar refractivity (Wildman–Crippen MR) is 122 cm³/mol. The molecule has 0 atom stereocenters. The Kier molecular flexibility index (Phi) is 17.6. The molecule has 0 N–H and O–H groups in total. The third-order valence-corrected chi connectivity index (χ3v) is 3.32. The molecule has 1 heteroatoms. The minimum absolute atomic E-state index is 0. The second-order valence-electron chi connectivity index (χ2n) is 5.40. The number of benzene rings is 4. The second kappa shape index (κ2) is 17.4. The van der Waals surface area contributed by atoms with Crippen LogP contribution < -0.4 is 0 Å². The Morgan fingerprint density at radius 1 is 0.444 bits per heavy atom. The summed E-state index contributed by atoms with van der Waals surface area (Å²) in [6.07, 6.45) is 1.25. The summed E-state index contributed by atoms with van der Waals surface area (Å²) >= 11 is 0. The average molecular weight is 411 g/mol. The van der Waals surface area contributed by atoms with Gasteiger partial charge in [-0.15, -0.1) is 0 Å². The van der Waals surface area contributed by atoms with Gasteiger partial charge in [0, 0.05) is 19.5 Å². The Bertz CT molecular complexity index is 635. The first-order chi connectivity index (χ1) is 12.3. The van der Waals surface area contributed by atoms with Crippen molar-refractivity contribution in [1.29, 1.82) is 0 Å². The van der Waals surface area contributed by atoms with Gasteiger partial charge in [0.1, 0.15) is 0 Å². The molecular formula is C26H33Zn-. The van der Waals surface area contributed by atoms with Gasteiger partial charge in [0.2, 0.25) is 0 Å². The quantitative estimate of drug-likeness (QED) is 0.201. The van der Waals surface area contributed by atoms with Gasteiger partial charge < -0.3 is 7.43 Å². The molecule has 0 radical (unpaired) electrons. The number of hydrogen-bond acceptors (Lipinski definition) is 0. The largest absolute Gasteiger partial charge is 0.358 e. The number of fused-ring (bicyclic) bond motifs is 2. The Morgan fingerprint density at radius 3 is 0.667 bits per heavy atom. The van der Waals surface area contributed by atoms with E-state index in [2.05, 4.69) is 111 Å². The number of hydrogen-bond donors (Lipinski definition) is 0. The van der Waals surface area contributed by atoms with Crippen LogP contribution in [0.5, 0.6) is 0 Å². The maximum atomic E-state index is 2.12. The zero-order valence-electron chi connectivity index (χ0n) is 17.7. The van der Waals surface area contributed by atoms with Crippen molar-refractivity contribution in [3.05, 3.63) is 104 Å². The maximum Gasteiger partial charge on any atom is 0 e. The fraction of sp³-hybridized carbons (Fsp3) is 0.192. The van der Waals surface area contributed by atoms with E-state index in [0.29, 0.717) is 0 Å². The standard InChI is InChI=1S/2C10H8.C3H8.C2H6.CH3.Zn/c2*1-2-6-10-8-4-3-7-9(10)5-1;1-3-2;1-2;;/h2*1-8H;3H2,1-2H3;1-2H3;1H3;/q;;;;-1;. The molecule has 0 aliphatic carbocycles. The summed E-state index contributed by atoms with van der Waals surface area (Å²) in [6.45, 7) is 8.25. The molecule has 0 saturated carbocycles. The second-order valence-corrected chi connectivity index (χ2v) is 5.40. The van der Waals surface area contributed by atoms with Crippen molar-refractivity contribution in [2.45, 2.75) is 34.1 Å². The Labute approximate surface area is 179 Å². The molecule has 0 bridgehead atoms. The first-order valence-corrected chi connectivity index (χ1v) is 9.22. The van der Waals surface area contributed by atoms with E-state index in [1.807, 2.05) is 13.8 Å². The zero-order chi connectivity index (χ0) is 18.3. The van der Waals surface area contributed by atoms with Gasteiger partial charge in [-0.2, -0.15) is 0 Å². The van der Waals surface area contributed by atoms with Crippen LogP contribution in [0.2, 0.25) is 0 Å². The molecule has 4 aromatic carbocycles. The van der Waals surface area contributed by atoms with Gasteiger partial charge in [-0.1, -0.05) is 131 Å². The molecule has 0 unspecified atom stereocenters. The summed E-state index contributed by atoms with van der Waals surface area (Å²) in [5.41, 5.74) is 0. The fourth-order valence-electron chi connectivity index (χ4n) is 2.27. The first kappa shape index (κ1) is 27.2. The van der Waals surface area contributed by atoms with Gasteiger partial charge in [0.05, 0.1) is 0 Å². The molecule has 0 spiro atoms. The molecule has 0 fully saturated rings. The molecule has 0 amide bonds. The van der Waals surface area contributed by atoms with E-state index < -0.39 is 0 Å². The molecule has 0 aromatic heterocycles. The van der Waals surface area contributed by atoms with E-state index in [0.717, 1.165) is 0 Å². The third-order valence-electron chi connectivity index (χ3n) is 3.32. The minimum Gasteiger partial charge on any atom is -0.358 e. The molecule has 4 aromatic rings. The van der Waals surface area contributed by atoms with E-state index in [-0.39, 0.29) is 26.9 Å². The zero-order valence-corrected chi connectivity index (χ0v) is 20.6. The van der Waals surface area contributed by atoms with Crippen molar-refractivity contribution in [2.24, 2.45) is 0 Å². The third kappa shape index (κ3) is 10.1. The topological polar surface area (TPSA) is 0 Å². The molecule has 0 aliphatic rings. The Balaban J connectivity index is 0. The van der Waals surface area contributed by atoms with E-state index in [4.69, 9.17) is 0 Å². The van der Waals surface area contributed by atoms with Crippen LogP contribution in [0.15, 0.2) is 97.1 Å². The van der Waals surface area contributed by atoms with Crippen LogP contribution in [0.1, 0.15) is 34.1 Å². The molecular weight excluding hydrogens is 378 g/mol. The predicted octanol–water partition coefficient (Wildman–Crippen LogP) is 8.57. The summed E-state index contributed by atoms with van der Waals surface area (Å²) in [7, 11) is 0. The van der Waals surface area contributed by atoms with Gasteiger partial charge >= 0.3 is 0 Å². The van der Waals surface area contributed by atoms with Gasteiger partial charge in [-0.25, -0.2) is 0 Å². The van der Waals surface area contributed by atoms with Crippen LogP contribution in [0.3, 0.4) is 0 Å². The van der Waals surface area contributed by atoms with Gasteiger partial charge in [-0.3, -0.25) is 0 Å². The monoisotopic (exact) mass is 409 g/mol. The van der Waals surface area contributed by atoms with Crippen molar-refractivity contribution in [2.75, 3.05) is 0 Å². The van der Waals surface area contributed by atoms with Crippen molar-refractivity contribution >= 4 is 21.5 Å². The van der Waals surface area contributed by atoms with Crippen LogP contribution in [-0.4, -0.2) is 0 Å². The summed E-state index contributed by atoms with van der Waals surface area (Å²) in [5.74, 6) is 0. The average Bonchev–Trinajstić information content (AvgIpc) is 2.71. The van der Waals surface area contributed by atoms with Crippen LogP contribution in [-0.2, 0) is 19.5 Å². The normalized spacial score (nSPS) is 8.30. The molecule has 0 heterocycles. The molecule has 27 heavy (non-hydrogen) atoms. The Hall–Kier alpha value is -1.98. The van der Waals surface area contributed by atoms with Gasteiger partial charge in [0.25, 0.3) is 0 Å². The smallest absolute Gasteiger partial charge is 0 e. The van der Waals surface area contributed by atoms with Crippen molar-refractivity contribution in [3.8, 4) is 0 Å².